The number of sulfonamides is 1. The summed E-state index contributed by atoms with van der Waals surface area (Å²) < 4.78 is 41.0. The highest BCUT2D eigenvalue weighted by Gasteiger charge is 2.30. The smallest absolute Gasteiger partial charge is 0.243 e. The van der Waals surface area contributed by atoms with E-state index in [-0.39, 0.29) is 18.3 Å². The third-order valence-electron chi connectivity index (χ3n) is 3.73. The fourth-order valence-electron chi connectivity index (χ4n) is 2.04. The molecule has 0 amide bonds. The van der Waals surface area contributed by atoms with Gasteiger partial charge in [-0.25, -0.2) is 17.5 Å². The molecule has 1 unspecified atom stereocenters. The molecule has 1 aliphatic carbocycles. The van der Waals surface area contributed by atoms with E-state index in [1.165, 1.54) is 0 Å². The number of benzene rings is 1. The van der Waals surface area contributed by atoms with E-state index in [1.807, 2.05) is 14.0 Å². The van der Waals surface area contributed by atoms with Gasteiger partial charge in [0.05, 0.1) is 0 Å². The monoisotopic (exact) mass is 379 g/mol. The standard InChI is InChI=1S/C13H19BrFN3O2S/c1-8(18(2)9-3-4-9)7-17-21(19,20)13-6-12(16)10(14)5-11(13)15/h5-6,8-9,17H,3-4,7,16H2,1-2H3. The minimum atomic E-state index is -3.92. The normalized spacial score (nSPS) is 17.2. The van der Waals surface area contributed by atoms with Crippen LogP contribution in [-0.2, 0) is 10.0 Å². The van der Waals surface area contributed by atoms with Gasteiger partial charge in [0.1, 0.15) is 10.7 Å². The van der Waals surface area contributed by atoms with Crippen molar-refractivity contribution in [3.63, 3.8) is 0 Å². The molecule has 1 fully saturated rings. The van der Waals surface area contributed by atoms with Gasteiger partial charge < -0.3 is 5.73 Å². The molecule has 0 spiro atoms. The number of nitrogens with one attached hydrogen (secondary N) is 1. The van der Waals surface area contributed by atoms with Gasteiger partial charge in [-0.2, -0.15) is 0 Å². The van der Waals surface area contributed by atoms with E-state index in [1.54, 1.807) is 0 Å². The molecular weight excluding hydrogens is 361 g/mol. The Morgan fingerprint density at radius 1 is 1.52 bits per heavy atom. The average molecular weight is 380 g/mol. The lowest BCUT2D eigenvalue weighted by Gasteiger charge is -2.24. The average Bonchev–Trinajstić information content (AvgIpc) is 3.23. The van der Waals surface area contributed by atoms with Crippen LogP contribution in [0.1, 0.15) is 19.8 Å². The third-order valence-corrected chi connectivity index (χ3v) is 5.85. The molecule has 1 aromatic carbocycles. The zero-order valence-corrected chi connectivity index (χ0v) is 14.3. The fraction of sp³-hybridized carbons (Fsp3) is 0.538. The van der Waals surface area contributed by atoms with Crippen molar-refractivity contribution in [2.45, 2.75) is 36.7 Å². The zero-order chi connectivity index (χ0) is 15.8. The predicted octanol–water partition coefficient (Wildman–Crippen LogP) is 1.93. The lowest BCUT2D eigenvalue weighted by Crippen LogP contribution is -2.41. The molecule has 1 aliphatic rings. The van der Waals surface area contributed by atoms with Crippen LogP contribution in [0.4, 0.5) is 10.1 Å². The van der Waals surface area contributed by atoms with E-state index in [0.29, 0.717) is 10.5 Å². The molecule has 0 aliphatic heterocycles. The molecular formula is C13H19BrFN3O2S. The number of halogens is 2. The van der Waals surface area contributed by atoms with E-state index in [4.69, 9.17) is 5.73 Å². The summed E-state index contributed by atoms with van der Waals surface area (Å²) in [6.07, 6.45) is 2.29. The van der Waals surface area contributed by atoms with E-state index < -0.39 is 20.7 Å². The van der Waals surface area contributed by atoms with Gasteiger partial charge in [0, 0.05) is 28.8 Å². The van der Waals surface area contributed by atoms with Gasteiger partial charge in [0.25, 0.3) is 0 Å². The van der Waals surface area contributed by atoms with Gasteiger partial charge in [0.2, 0.25) is 10.0 Å². The molecule has 21 heavy (non-hydrogen) atoms. The van der Waals surface area contributed by atoms with E-state index in [9.17, 15) is 12.8 Å². The number of hydrogen-bond donors (Lipinski definition) is 2. The van der Waals surface area contributed by atoms with Crippen LogP contribution in [-0.4, -0.2) is 39.0 Å². The van der Waals surface area contributed by atoms with Crippen LogP contribution in [0.3, 0.4) is 0 Å². The fourth-order valence-corrected chi connectivity index (χ4v) is 3.57. The molecule has 0 radical (unpaired) electrons. The Morgan fingerprint density at radius 3 is 2.71 bits per heavy atom. The van der Waals surface area contributed by atoms with Crippen LogP contribution in [0.25, 0.3) is 0 Å². The Labute approximate surface area is 132 Å². The maximum Gasteiger partial charge on any atom is 0.243 e. The quantitative estimate of drug-likeness (QED) is 0.740. The van der Waals surface area contributed by atoms with Crippen molar-refractivity contribution in [3.05, 3.63) is 22.4 Å². The van der Waals surface area contributed by atoms with E-state index in [0.717, 1.165) is 25.0 Å². The van der Waals surface area contributed by atoms with Gasteiger partial charge in [-0.05, 0) is 54.9 Å². The maximum absolute atomic E-state index is 13.8. The molecule has 5 nitrogen and oxygen atoms in total. The first kappa shape index (κ1) is 16.7. The third kappa shape index (κ3) is 3.94. The molecule has 0 aromatic heterocycles. The largest absolute Gasteiger partial charge is 0.398 e. The molecule has 118 valence electrons. The second-order valence-electron chi connectivity index (χ2n) is 5.40. The minimum Gasteiger partial charge on any atom is -0.398 e. The first-order valence-corrected chi connectivity index (χ1v) is 8.96. The van der Waals surface area contributed by atoms with Crippen LogP contribution in [0.2, 0.25) is 0 Å². The molecule has 8 heteroatoms. The van der Waals surface area contributed by atoms with Crippen molar-refractivity contribution in [3.8, 4) is 0 Å². The van der Waals surface area contributed by atoms with Crippen LogP contribution >= 0.6 is 15.9 Å². The number of hydrogen-bond acceptors (Lipinski definition) is 4. The Balaban J connectivity index is 2.09. The van der Waals surface area contributed by atoms with Crippen molar-refractivity contribution < 1.29 is 12.8 Å². The maximum atomic E-state index is 13.8. The topological polar surface area (TPSA) is 75.4 Å². The minimum absolute atomic E-state index is 0.0446. The second-order valence-corrected chi connectivity index (χ2v) is 7.99. The molecule has 2 rings (SSSR count). The van der Waals surface area contributed by atoms with Gasteiger partial charge >= 0.3 is 0 Å². The highest BCUT2D eigenvalue weighted by molar-refractivity contribution is 9.10. The van der Waals surface area contributed by atoms with Gasteiger partial charge in [-0.3, -0.25) is 4.90 Å². The van der Waals surface area contributed by atoms with Gasteiger partial charge in [-0.15, -0.1) is 0 Å². The Bertz CT molecular complexity index is 635. The molecule has 0 bridgehead atoms. The highest BCUT2D eigenvalue weighted by atomic mass is 79.9. The summed E-state index contributed by atoms with van der Waals surface area (Å²) in [4.78, 5) is 1.71. The zero-order valence-electron chi connectivity index (χ0n) is 11.9. The first-order chi connectivity index (χ1) is 9.72. The number of anilines is 1. The molecule has 1 aromatic rings. The van der Waals surface area contributed by atoms with Crippen molar-refractivity contribution >= 4 is 31.6 Å². The van der Waals surface area contributed by atoms with Crippen molar-refractivity contribution in [2.24, 2.45) is 0 Å². The van der Waals surface area contributed by atoms with E-state index >= 15 is 0 Å². The van der Waals surface area contributed by atoms with Crippen molar-refractivity contribution in [1.82, 2.24) is 9.62 Å². The van der Waals surface area contributed by atoms with Crippen molar-refractivity contribution in [1.29, 1.82) is 0 Å². The first-order valence-electron chi connectivity index (χ1n) is 6.68. The summed E-state index contributed by atoms with van der Waals surface area (Å²) in [5, 5.41) is 0. The molecule has 3 N–H and O–H groups in total. The van der Waals surface area contributed by atoms with E-state index in [2.05, 4.69) is 25.6 Å². The van der Waals surface area contributed by atoms with Crippen LogP contribution < -0.4 is 10.5 Å². The highest BCUT2D eigenvalue weighted by Crippen LogP contribution is 2.28. The summed E-state index contributed by atoms with van der Waals surface area (Å²) in [5.41, 5.74) is 5.80. The molecule has 0 saturated heterocycles. The second kappa shape index (κ2) is 6.20. The number of likely N-dealkylation sites (N-methyl/N-ethyl adjacent to an activating group) is 1. The summed E-state index contributed by atoms with van der Waals surface area (Å²) in [6, 6.07) is 2.76. The molecule has 1 saturated carbocycles. The predicted molar refractivity (Wildman–Crippen MR) is 83.9 cm³/mol. The number of nitrogen functional groups attached to an aromatic ring is 1. The Kier molecular flexibility index (Phi) is 4.92. The summed E-state index contributed by atoms with van der Waals surface area (Å²) in [6.45, 7) is 2.16. The van der Waals surface area contributed by atoms with Crippen LogP contribution in [0, 0.1) is 5.82 Å². The SMILES string of the molecule is CC(CNS(=O)(=O)c1cc(N)c(Br)cc1F)N(C)C1CC1. The lowest BCUT2D eigenvalue weighted by molar-refractivity contribution is 0.248. The van der Waals surface area contributed by atoms with Crippen LogP contribution in [0.15, 0.2) is 21.5 Å². The molecule has 1 atom stereocenters. The summed E-state index contributed by atoms with van der Waals surface area (Å²) in [7, 11) is -1.95. The summed E-state index contributed by atoms with van der Waals surface area (Å²) >= 11 is 3.06. The van der Waals surface area contributed by atoms with Gasteiger partial charge in [-0.1, -0.05) is 0 Å². The van der Waals surface area contributed by atoms with Crippen molar-refractivity contribution in [2.75, 3.05) is 19.3 Å². The Morgan fingerprint density at radius 2 is 2.14 bits per heavy atom. The van der Waals surface area contributed by atoms with Crippen LogP contribution in [0.5, 0.6) is 0 Å². The Hall–Kier alpha value is -0.700. The summed E-state index contributed by atoms with van der Waals surface area (Å²) in [5.74, 6) is -0.827. The molecule has 0 heterocycles. The lowest BCUT2D eigenvalue weighted by atomic mass is 10.3. The number of nitrogens with zero attached hydrogens (tertiary/aromatic N) is 1. The number of nitrogens with two attached hydrogens (primary N) is 1. The number of rotatable bonds is 6. The van der Waals surface area contributed by atoms with Gasteiger partial charge in [0.15, 0.2) is 0 Å².